The van der Waals surface area contributed by atoms with E-state index in [1.54, 1.807) is 0 Å². The second-order valence-electron chi connectivity index (χ2n) is 4.61. The zero-order valence-electron chi connectivity index (χ0n) is 10.7. The number of rotatable bonds is 5. The highest BCUT2D eigenvalue weighted by Gasteiger charge is 2.18. The van der Waals surface area contributed by atoms with Crippen molar-refractivity contribution >= 4 is 11.3 Å². The molecule has 0 unspecified atom stereocenters. The summed E-state index contributed by atoms with van der Waals surface area (Å²) in [4.78, 5) is 5.44. The van der Waals surface area contributed by atoms with Crippen LogP contribution in [0.1, 0.15) is 22.6 Å². The van der Waals surface area contributed by atoms with Crippen LogP contribution < -0.4 is 5.32 Å². The monoisotopic (exact) mass is 254 g/mol. The Bertz CT molecular complexity index is 332. The van der Waals surface area contributed by atoms with Gasteiger partial charge in [-0.15, -0.1) is 11.3 Å². The molecule has 2 rings (SSSR count). The van der Waals surface area contributed by atoms with Gasteiger partial charge >= 0.3 is 0 Å². The van der Waals surface area contributed by atoms with E-state index >= 15 is 0 Å². The molecule has 1 aromatic rings. The van der Waals surface area contributed by atoms with Crippen LogP contribution in [0.2, 0.25) is 0 Å². The average molecular weight is 254 g/mol. The molecule has 0 atom stereocenters. The second kappa shape index (κ2) is 6.50. The SMILES string of the molecule is CNCc1ccc(CN2CCC(OC)CC2)s1. The fourth-order valence-electron chi connectivity index (χ4n) is 2.30. The zero-order valence-corrected chi connectivity index (χ0v) is 11.6. The lowest BCUT2D eigenvalue weighted by Gasteiger charge is -2.30. The lowest BCUT2D eigenvalue weighted by Crippen LogP contribution is -2.35. The first-order chi connectivity index (χ1) is 8.31. The van der Waals surface area contributed by atoms with Crippen molar-refractivity contribution in [2.45, 2.75) is 32.0 Å². The molecule has 4 heteroatoms. The van der Waals surface area contributed by atoms with Gasteiger partial charge in [-0.25, -0.2) is 0 Å². The Labute approximate surface area is 108 Å². The summed E-state index contributed by atoms with van der Waals surface area (Å²) >= 11 is 1.92. The van der Waals surface area contributed by atoms with Crippen molar-refractivity contribution in [2.24, 2.45) is 0 Å². The molecule has 1 saturated heterocycles. The van der Waals surface area contributed by atoms with E-state index in [0.29, 0.717) is 6.10 Å². The summed E-state index contributed by atoms with van der Waals surface area (Å²) in [6, 6.07) is 4.50. The van der Waals surface area contributed by atoms with E-state index in [0.717, 1.165) is 26.2 Å². The van der Waals surface area contributed by atoms with Crippen LogP contribution in [0.3, 0.4) is 0 Å². The first-order valence-electron chi connectivity index (χ1n) is 6.29. The van der Waals surface area contributed by atoms with Gasteiger partial charge in [0.25, 0.3) is 0 Å². The molecular weight excluding hydrogens is 232 g/mol. The van der Waals surface area contributed by atoms with Gasteiger partial charge < -0.3 is 10.1 Å². The standard InChI is InChI=1S/C13H22N2OS/c1-14-9-12-3-4-13(17-12)10-15-7-5-11(16-2)6-8-15/h3-4,11,14H,5-10H2,1-2H3. The highest BCUT2D eigenvalue weighted by atomic mass is 32.1. The first kappa shape index (κ1) is 13.0. The van der Waals surface area contributed by atoms with Crippen molar-refractivity contribution in [3.05, 3.63) is 21.9 Å². The quantitative estimate of drug-likeness (QED) is 0.870. The summed E-state index contributed by atoms with van der Waals surface area (Å²) in [5, 5.41) is 3.19. The molecule has 3 nitrogen and oxygen atoms in total. The van der Waals surface area contributed by atoms with Crippen molar-refractivity contribution in [2.75, 3.05) is 27.2 Å². The maximum atomic E-state index is 5.39. The number of thiophene rings is 1. The Morgan fingerprint density at radius 1 is 1.35 bits per heavy atom. The van der Waals surface area contributed by atoms with Crippen LogP contribution in [-0.4, -0.2) is 38.3 Å². The molecular formula is C13H22N2OS. The van der Waals surface area contributed by atoms with Crippen LogP contribution in [-0.2, 0) is 17.8 Å². The molecule has 1 N–H and O–H groups in total. The molecule has 0 aliphatic carbocycles. The molecule has 2 heterocycles. The van der Waals surface area contributed by atoms with Crippen molar-refractivity contribution in [1.29, 1.82) is 0 Å². The van der Waals surface area contributed by atoms with Gasteiger partial charge in [-0.2, -0.15) is 0 Å². The van der Waals surface area contributed by atoms with Gasteiger partial charge in [0.05, 0.1) is 6.10 Å². The molecule has 17 heavy (non-hydrogen) atoms. The van der Waals surface area contributed by atoms with Gasteiger partial charge in [0.2, 0.25) is 0 Å². The third-order valence-electron chi connectivity index (χ3n) is 3.32. The molecule has 1 aromatic heterocycles. The smallest absolute Gasteiger partial charge is 0.0595 e. The van der Waals surface area contributed by atoms with E-state index in [1.807, 2.05) is 25.5 Å². The number of nitrogens with zero attached hydrogens (tertiary/aromatic N) is 1. The maximum absolute atomic E-state index is 5.39. The molecule has 0 spiro atoms. The minimum atomic E-state index is 0.481. The number of methoxy groups -OCH3 is 1. The summed E-state index contributed by atoms with van der Waals surface area (Å²) in [5.74, 6) is 0. The molecule has 0 radical (unpaired) electrons. The Morgan fingerprint density at radius 3 is 2.71 bits per heavy atom. The zero-order chi connectivity index (χ0) is 12.1. The van der Waals surface area contributed by atoms with E-state index in [4.69, 9.17) is 4.74 Å². The Balaban J connectivity index is 1.80. The van der Waals surface area contributed by atoms with Crippen molar-refractivity contribution in [1.82, 2.24) is 10.2 Å². The van der Waals surface area contributed by atoms with E-state index in [-0.39, 0.29) is 0 Å². The molecule has 1 aliphatic rings. The third kappa shape index (κ3) is 3.78. The summed E-state index contributed by atoms with van der Waals surface area (Å²) in [7, 11) is 3.82. The Kier molecular flexibility index (Phi) is 4.98. The fourth-order valence-corrected chi connectivity index (χ4v) is 3.37. The largest absolute Gasteiger partial charge is 0.381 e. The highest BCUT2D eigenvalue weighted by Crippen LogP contribution is 2.21. The number of nitrogens with one attached hydrogen (secondary N) is 1. The molecule has 0 aromatic carbocycles. The van der Waals surface area contributed by atoms with E-state index < -0.39 is 0 Å². The van der Waals surface area contributed by atoms with Gasteiger partial charge in [0.15, 0.2) is 0 Å². The maximum Gasteiger partial charge on any atom is 0.0595 e. The Morgan fingerprint density at radius 2 is 2.06 bits per heavy atom. The van der Waals surface area contributed by atoms with Gasteiger partial charge in [0, 0.05) is 43.0 Å². The lowest BCUT2D eigenvalue weighted by atomic mass is 10.1. The molecule has 0 saturated carbocycles. The lowest BCUT2D eigenvalue weighted by molar-refractivity contribution is 0.0391. The van der Waals surface area contributed by atoms with Gasteiger partial charge in [0.1, 0.15) is 0 Å². The number of likely N-dealkylation sites (tertiary alicyclic amines) is 1. The van der Waals surface area contributed by atoms with Crippen molar-refractivity contribution in [3.8, 4) is 0 Å². The third-order valence-corrected chi connectivity index (χ3v) is 4.39. The number of piperidine rings is 1. The van der Waals surface area contributed by atoms with Crippen molar-refractivity contribution < 1.29 is 4.74 Å². The van der Waals surface area contributed by atoms with E-state index in [1.165, 1.54) is 22.6 Å². The summed E-state index contributed by atoms with van der Waals surface area (Å²) < 4.78 is 5.39. The number of ether oxygens (including phenoxy) is 1. The fraction of sp³-hybridized carbons (Fsp3) is 0.692. The molecule has 1 aliphatic heterocycles. The minimum absolute atomic E-state index is 0.481. The first-order valence-corrected chi connectivity index (χ1v) is 7.11. The minimum Gasteiger partial charge on any atom is -0.381 e. The predicted octanol–water partition coefficient (Wildman–Crippen LogP) is 2.08. The van der Waals surface area contributed by atoms with Crippen molar-refractivity contribution in [3.63, 3.8) is 0 Å². The summed E-state index contributed by atoms with van der Waals surface area (Å²) in [5.41, 5.74) is 0. The van der Waals surface area contributed by atoms with Gasteiger partial charge in [-0.3, -0.25) is 4.90 Å². The van der Waals surface area contributed by atoms with E-state index in [9.17, 15) is 0 Å². The average Bonchev–Trinajstić information content (AvgIpc) is 2.78. The van der Waals surface area contributed by atoms with Crippen LogP contribution >= 0.6 is 11.3 Å². The van der Waals surface area contributed by atoms with Crippen LogP contribution in [0.25, 0.3) is 0 Å². The normalized spacial score (nSPS) is 18.7. The van der Waals surface area contributed by atoms with E-state index in [2.05, 4.69) is 22.3 Å². The highest BCUT2D eigenvalue weighted by molar-refractivity contribution is 7.11. The molecule has 96 valence electrons. The van der Waals surface area contributed by atoms with Crippen LogP contribution in [0.15, 0.2) is 12.1 Å². The second-order valence-corrected chi connectivity index (χ2v) is 5.86. The molecule has 0 amide bonds. The molecule has 1 fully saturated rings. The van der Waals surface area contributed by atoms with Crippen LogP contribution in [0, 0.1) is 0 Å². The summed E-state index contributed by atoms with van der Waals surface area (Å²) in [6.45, 7) is 4.41. The van der Waals surface area contributed by atoms with Crippen LogP contribution in [0.5, 0.6) is 0 Å². The topological polar surface area (TPSA) is 24.5 Å². The Hall–Kier alpha value is -0.420. The number of hydrogen-bond donors (Lipinski definition) is 1. The van der Waals surface area contributed by atoms with Gasteiger partial charge in [-0.05, 0) is 32.0 Å². The van der Waals surface area contributed by atoms with Crippen LogP contribution in [0.4, 0.5) is 0 Å². The van der Waals surface area contributed by atoms with Gasteiger partial charge in [-0.1, -0.05) is 0 Å². The molecule has 0 bridgehead atoms. The number of hydrogen-bond acceptors (Lipinski definition) is 4. The predicted molar refractivity (Wildman–Crippen MR) is 72.4 cm³/mol. The summed E-state index contributed by atoms with van der Waals surface area (Å²) in [6.07, 6.45) is 2.82.